The van der Waals surface area contributed by atoms with Crippen LogP contribution in [0.4, 0.5) is 5.69 Å². The molecule has 0 radical (unpaired) electrons. The fourth-order valence-electron chi connectivity index (χ4n) is 3.72. The highest BCUT2D eigenvalue weighted by atomic mass is 32.1. The molecule has 0 aliphatic carbocycles. The maximum Gasteiger partial charge on any atom is 0.309 e. The molecule has 1 aromatic rings. The summed E-state index contributed by atoms with van der Waals surface area (Å²) < 4.78 is 4.68. The fraction of sp³-hybridized carbons (Fsp3) is 0.579. The molecule has 3 N–H and O–H groups in total. The van der Waals surface area contributed by atoms with Crippen molar-refractivity contribution in [2.45, 2.75) is 64.1 Å². The summed E-state index contributed by atoms with van der Waals surface area (Å²) in [7, 11) is 1.39. The average Bonchev–Trinajstić information content (AvgIpc) is 2.45. The van der Waals surface area contributed by atoms with E-state index in [-0.39, 0.29) is 23.5 Å². The van der Waals surface area contributed by atoms with Gasteiger partial charge in [-0.15, -0.1) is 0 Å². The quantitative estimate of drug-likeness (QED) is 0.565. The molecule has 138 valence electrons. The van der Waals surface area contributed by atoms with Crippen molar-refractivity contribution < 1.29 is 9.53 Å². The zero-order valence-corrected chi connectivity index (χ0v) is 16.5. The zero-order valence-electron chi connectivity index (χ0n) is 15.7. The van der Waals surface area contributed by atoms with Gasteiger partial charge in [-0.3, -0.25) is 4.79 Å². The van der Waals surface area contributed by atoms with E-state index in [4.69, 9.17) is 12.2 Å². The fourth-order valence-corrected chi connectivity index (χ4v) is 4.01. The van der Waals surface area contributed by atoms with Crippen LogP contribution < -0.4 is 16.0 Å². The van der Waals surface area contributed by atoms with Gasteiger partial charge >= 0.3 is 5.97 Å². The number of benzene rings is 1. The lowest BCUT2D eigenvalue weighted by atomic mass is 9.80. The van der Waals surface area contributed by atoms with E-state index >= 15 is 0 Å². The normalized spacial score (nSPS) is 19.1. The van der Waals surface area contributed by atoms with E-state index in [1.165, 1.54) is 7.11 Å². The molecular formula is C19H29N3O2S. The SMILES string of the molecule is COC(=O)Cc1ccc(NC(=S)NC2CC(C)(C)NC(C)(C)C2)cc1. The number of esters is 1. The van der Waals surface area contributed by atoms with Crippen LogP contribution in [0.5, 0.6) is 0 Å². The van der Waals surface area contributed by atoms with Gasteiger partial charge in [-0.2, -0.15) is 0 Å². The van der Waals surface area contributed by atoms with Crippen molar-refractivity contribution in [2.24, 2.45) is 0 Å². The van der Waals surface area contributed by atoms with Crippen molar-refractivity contribution in [2.75, 3.05) is 12.4 Å². The number of carbonyl (C=O) groups excluding carboxylic acids is 1. The van der Waals surface area contributed by atoms with Crippen LogP contribution in [0.1, 0.15) is 46.1 Å². The summed E-state index contributed by atoms with van der Waals surface area (Å²) in [5.74, 6) is -0.242. The van der Waals surface area contributed by atoms with Crippen molar-refractivity contribution in [1.29, 1.82) is 0 Å². The maximum atomic E-state index is 11.3. The minimum absolute atomic E-state index is 0.0740. The molecule has 0 unspecified atom stereocenters. The van der Waals surface area contributed by atoms with E-state index < -0.39 is 0 Å². The van der Waals surface area contributed by atoms with Crippen LogP contribution in [0.3, 0.4) is 0 Å². The second-order valence-electron chi connectivity index (χ2n) is 8.05. The highest BCUT2D eigenvalue weighted by molar-refractivity contribution is 7.80. The van der Waals surface area contributed by atoms with E-state index in [0.717, 1.165) is 24.1 Å². The minimum atomic E-state index is -0.242. The smallest absolute Gasteiger partial charge is 0.309 e. The number of carbonyl (C=O) groups is 1. The summed E-state index contributed by atoms with van der Waals surface area (Å²) in [6.07, 6.45) is 2.30. The minimum Gasteiger partial charge on any atom is -0.469 e. The van der Waals surface area contributed by atoms with Gasteiger partial charge in [0.2, 0.25) is 0 Å². The number of methoxy groups -OCH3 is 1. The Morgan fingerprint density at radius 2 is 1.76 bits per heavy atom. The molecule has 1 aliphatic heterocycles. The molecule has 25 heavy (non-hydrogen) atoms. The molecule has 2 rings (SSSR count). The Morgan fingerprint density at radius 3 is 2.28 bits per heavy atom. The van der Waals surface area contributed by atoms with Crippen molar-refractivity contribution >= 4 is 29.0 Å². The summed E-state index contributed by atoms with van der Waals surface area (Å²) in [5, 5.41) is 11.0. The van der Waals surface area contributed by atoms with Gasteiger partial charge in [0.1, 0.15) is 0 Å². The predicted molar refractivity (Wildman–Crippen MR) is 106 cm³/mol. The summed E-state index contributed by atoms with van der Waals surface area (Å²) in [5.41, 5.74) is 1.96. The molecule has 1 saturated heterocycles. The second kappa shape index (κ2) is 7.70. The van der Waals surface area contributed by atoms with Crippen molar-refractivity contribution in [1.82, 2.24) is 10.6 Å². The molecule has 1 heterocycles. The third-order valence-corrected chi connectivity index (χ3v) is 4.53. The zero-order chi connectivity index (χ0) is 18.7. The Kier molecular flexibility index (Phi) is 6.06. The molecule has 1 aromatic carbocycles. The van der Waals surface area contributed by atoms with E-state index in [1.807, 2.05) is 24.3 Å². The maximum absolute atomic E-state index is 11.3. The molecule has 1 fully saturated rings. The Morgan fingerprint density at radius 1 is 1.20 bits per heavy atom. The number of rotatable bonds is 4. The first-order chi connectivity index (χ1) is 11.6. The van der Waals surface area contributed by atoms with Crippen LogP contribution in [-0.4, -0.2) is 35.3 Å². The molecular weight excluding hydrogens is 334 g/mol. The third-order valence-electron chi connectivity index (χ3n) is 4.31. The van der Waals surface area contributed by atoms with Gasteiger partial charge in [0.15, 0.2) is 5.11 Å². The molecule has 0 atom stereocenters. The Balaban J connectivity index is 1.90. The van der Waals surface area contributed by atoms with E-state index in [1.54, 1.807) is 0 Å². The monoisotopic (exact) mass is 363 g/mol. The number of anilines is 1. The lowest BCUT2D eigenvalue weighted by Crippen LogP contribution is -2.62. The van der Waals surface area contributed by atoms with Gasteiger partial charge in [-0.05, 0) is 70.5 Å². The van der Waals surface area contributed by atoms with E-state index in [0.29, 0.717) is 11.2 Å². The lowest BCUT2D eigenvalue weighted by Gasteiger charge is -2.46. The highest BCUT2D eigenvalue weighted by Gasteiger charge is 2.37. The number of ether oxygens (including phenoxy) is 1. The topological polar surface area (TPSA) is 62.4 Å². The van der Waals surface area contributed by atoms with Crippen LogP contribution in [0.25, 0.3) is 0 Å². The number of nitrogens with one attached hydrogen (secondary N) is 3. The molecule has 0 saturated carbocycles. The highest BCUT2D eigenvalue weighted by Crippen LogP contribution is 2.28. The van der Waals surface area contributed by atoms with Crippen molar-refractivity contribution in [3.05, 3.63) is 29.8 Å². The van der Waals surface area contributed by atoms with Crippen LogP contribution >= 0.6 is 12.2 Å². The Labute approximate surface area is 155 Å². The Hall–Kier alpha value is -1.66. The van der Waals surface area contributed by atoms with Crippen LogP contribution in [0.2, 0.25) is 0 Å². The lowest BCUT2D eigenvalue weighted by molar-refractivity contribution is -0.139. The molecule has 0 bridgehead atoms. The van der Waals surface area contributed by atoms with Crippen molar-refractivity contribution in [3.8, 4) is 0 Å². The van der Waals surface area contributed by atoms with Gasteiger partial charge in [-0.25, -0.2) is 0 Å². The first-order valence-electron chi connectivity index (χ1n) is 8.61. The first kappa shape index (κ1) is 19.7. The standard InChI is InChI=1S/C19H29N3O2S/c1-18(2)11-15(12-19(3,4)22-18)21-17(25)20-14-8-6-13(7-9-14)10-16(23)24-5/h6-9,15,22H,10-12H2,1-5H3,(H2,20,21,25). The summed E-state index contributed by atoms with van der Waals surface area (Å²) in [6.45, 7) is 8.89. The number of hydrogen-bond donors (Lipinski definition) is 3. The summed E-state index contributed by atoms with van der Waals surface area (Å²) in [6, 6.07) is 7.97. The molecule has 0 amide bonds. The number of thiocarbonyl (C=S) groups is 1. The van der Waals surface area contributed by atoms with E-state index in [9.17, 15) is 4.79 Å². The second-order valence-corrected chi connectivity index (χ2v) is 8.45. The molecule has 1 aliphatic rings. The largest absolute Gasteiger partial charge is 0.469 e. The van der Waals surface area contributed by atoms with Crippen molar-refractivity contribution in [3.63, 3.8) is 0 Å². The van der Waals surface area contributed by atoms with Crippen LogP contribution in [0.15, 0.2) is 24.3 Å². The van der Waals surface area contributed by atoms with Gasteiger partial charge in [-0.1, -0.05) is 12.1 Å². The van der Waals surface area contributed by atoms with Crippen LogP contribution in [-0.2, 0) is 16.0 Å². The van der Waals surface area contributed by atoms with Gasteiger partial charge < -0.3 is 20.7 Å². The summed E-state index contributed by atoms with van der Waals surface area (Å²) in [4.78, 5) is 11.3. The van der Waals surface area contributed by atoms with Gasteiger partial charge in [0.25, 0.3) is 0 Å². The van der Waals surface area contributed by atoms with Crippen LogP contribution in [0, 0.1) is 0 Å². The Bertz CT molecular complexity index is 610. The first-order valence-corrected chi connectivity index (χ1v) is 9.02. The average molecular weight is 364 g/mol. The van der Waals surface area contributed by atoms with Gasteiger partial charge in [0.05, 0.1) is 13.5 Å². The number of piperidine rings is 1. The number of hydrogen-bond acceptors (Lipinski definition) is 4. The predicted octanol–water partition coefficient (Wildman–Crippen LogP) is 3.00. The molecule has 0 spiro atoms. The molecule has 6 heteroatoms. The van der Waals surface area contributed by atoms with E-state index in [2.05, 4.69) is 48.4 Å². The van der Waals surface area contributed by atoms with Gasteiger partial charge in [0, 0.05) is 22.8 Å². The summed E-state index contributed by atoms with van der Waals surface area (Å²) >= 11 is 5.47. The molecule has 0 aromatic heterocycles. The third kappa shape index (κ3) is 6.29. The molecule has 5 nitrogen and oxygen atoms in total.